The number of azide groups is 1. The van der Waals surface area contributed by atoms with Crippen molar-refractivity contribution < 1.29 is 4.79 Å². The van der Waals surface area contributed by atoms with Crippen LogP contribution in [-0.4, -0.2) is 12.5 Å². The van der Waals surface area contributed by atoms with Gasteiger partial charge in [-0.1, -0.05) is 0 Å². The summed E-state index contributed by atoms with van der Waals surface area (Å²) in [5.41, 5.74) is 9.58. The molecule has 9 heavy (non-hydrogen) atoms. The maximum absolute atomic E-state index is 9.96. The number of carbonyl (C=O) groups is 1. The van der Waals surface area contributed by atoms with E-state index in [-0.39, 0.29) is 6.54 Å². The van der Waals surface area contributed by atoms with E-state index in [0.29, 0.717) is 0 Å². The van der Waals surface area contributed by atoms with Crippen molar-refractivity contribution >= 4 is 5.91 Å². The van der Waals surface area contributed by atoms with Crippen LogP contribution in [0.25, 0.3) is 10.4 Å². The van der Waals surface area contributed by atoms with Crippen LogP contribution >= 0.6 is 0 Å². The lowest BCUT2D eigenvalue weighted by molar-refractivity contribution is -0.117. The number of nitrogens with zero attached hydrogens (tertiary/aromatic N) is 4. The monoisotopic (exact) mass is 129 g/mol. The van der Waals surface area contributed by atoms with Crippen LogP contribution in [0.4, 0.5) is 0 Å². The largest absolute Gasteiger partial charge is 0.327 e. The van der Waals surface area contributed by atoms with E-state index in [4.69, 9.17) is 5.53 Å². The quantitative estimate of drug-likeness (QED) is 0.192. The predicted octanol–water partition coefficient (Wildman–Crippen LogP) is 0.0943. The number of amides is 1. The molecule has 0 aliphatic heterocycles. The number of carbonyl (C=O) groups excluding carboxylic acids is 1. The normalized spacial score (nSPS) is 7.11. The van der Waals surface area contributed by atoms with Gasteiger partial charge in [0.15, 0.2) is 6.54 Å². The van der Waals surface area contributed by atoms with Crippen molar-refractivity contribution in [2.45, 2.75) is 0 Å². The molecule has 0 aromatic carbocycles. The Labute approximate surface area is 49.6 Å². The molecule has 7 nitrogen and oxygen atoms in total. The summed E-state index contributed by atoms with van der Waals surface area (Å²) in [6, 6.07) is 0. The zero-order valence-electron chi connectivity index (χ0n) is 4.31. The van der Waals surface area contributed by atoms with Gasteiger partial charge in [-0.25, -0.2) is 0 Å². The zero-order chi connectivity index (χ0) is 7.11. The SMILES string of the molecule is [N-]=[N+]=NNCC(=O)N=O. The number of nitroso groups, excluding NO2 is 1. The molecular weight excluding hydrogens is 126 g/mol. The fraction of sp³-hybridized carbons (Fsp3) is 0.500. The molecule has 0 radical (unpaired) electrons. The lowest BCUT2D eigenvalue weighted by Crippen LogP contribution is -2.14. The highest BCUT2D eigenvalue weighted by atomic mass is 16.3. The first kappa shape index (κ1) is 7.38. The summed E-state index contributed by atoms with van der Waals surface area (Å²) in [4.78, 5) is 21.5. The van der Waals surface area contributed by atoms with Crippen molar-refractivity contribution in [3.63, 3.8) is 0 Å². The molecule has 0 saturated heterocycles. The topological polar surface area (TPSA) is 107 Å². The minimum absolute atomic E-state index is 0.354. The fourth-order valence-electron chi connectivity index (χ4n) is 0.167. The molecule has 0 bridgehead atoms. The van der Waals surface area contributed by atoms with Crippen molar-refractivity contribution in [3.8, 4) is 0 Å². The van der Waals surface area contributed by atoms with Gasteiger partial charge in [0.05, 0.1) is 0 Å². The minimum atomic E-state index is -0.901. The lowest BCUT2D eigenvalue weighted by atomic mass is 10.6. The smallest absolute Gasteiger partial charge is 0.264 e. The highest BCUT2D eigenvalue weighted by Gasteiger charge is 1.97. The Morgan fingerprint density at radius 1 is 1.78 bits per heavy atom. The Morgan fingerprint density at radius 3 is 2.89 bits per heavy atom. The summed E-state index contributed by atoms with van der Waals surface area (Å²) in [6.45, 7) is -0.354. The van der Waals surface area contributed by atoms with Crippen molar-refractivity contribution in [2.24, 2.45) is 10.4 Å². The summed E-state index contributed by atoms with van der Waals surface area (Å²) in [6.07, 6.45) is 0. The molecule has 0 atom stereocenters. The van der Waals surface area contributed by atoms with E-state index in [9.17, 15) is 9.70 Å². The number of nitrogens with one attached hydrogen (secondary N) is 1. The first-order valence-electron chi connectivity index (χ1n) is 1.94. The van der Waals surface area contributed by atoms with E-state index in [2.05, 4.69) is 10.1 Å². The van der Waals surface area contributed by atoms with Gasteiger partial charge in [-0.15, -0.1) is 10.4 Å². The van der Waals surface area contributed by atoms with Crippen molar-refractivity contribution in [1.82, 2.24) is 5.43 Å². The van der Waals surface area contributed by atoms with Gasteiger partial charge < -0.3 is 0 Å². The van der Waals surface area contributed by atoms with Crippen LogP contribution in [0.3, 0.4) is 0 Å². The molecule has 0 heterocycles. The third-order valence-corrected chi connectivity index (χ3v) is 0.448. The molecule has 0 aliphatic rings. The second kappa shape index (κ2) is 4.54. The van der Waals surface area contributed by atoms with Crippen molar-refractivity contribution in [2.75, 3.05) is 6.54 Å². The standard InChI is InChI=1S/C2H3N5O2/c3-6-7-4-1-2(8)5-9/h4H,1H2. The second-order valence-corrected chi connectivity index (χ2v) is 1.01. The molecule has 0 aromatic rings. The molecule has 0 unspecified atom stereocenters. The van der Waals surface area contributed by atoms with Crippen molar-refractivity contribution in [3.05, 3.63) is 15.3 Å². The number of hydrogen-bond donors (Lipinski definition) is 1. The number of hydrogen-bond acceptors (Lipinski definition) is 3. The third kappa shape index (κ3) is 4.23. The molecular formula is C2H3N5O2. The minimum Gasteiger partial charge on any atom is -0.264 e. The highest BCUT2D eigenvalue weighted by Crippen LogP contribution is 1.69. The Balaban J connectivity index is 3.38. The van der Waals surface area contributed by atoms with Crippen LogP contribution < -0.4 is 5.43 Å². The lowest BCUT2D eigenvalue weighted by Gasteiger charge is -1.82. The first-order chi connectivity index (χ1) is 4.31. The summed E-state index contributed by atoms with van der Waals surface area (Å²) in [5.74, 6) is -0.901. The van der Waals surface area contributed by atoms with Gasteiger partial charge in [0, 0.05) is 5.18 Å². The van der Waals surface area contributed by atoms with Crippen LogP contribution in [0, 0.1) is 4.91 Å². The van der Waals surface area contributed by atoms with Crippen LogP contribution in [0.1, 0.15) is 0 Å². The van der Waals surface area contributed by atoms with Crippen LogP contribution in [-0.2, 0) is 4.79 Å². The molecule has 48 valence electrons. The Bertz CT molecular complexity index is 158. The van der Waals surface area contributed by atoms with Crippen LogP contribution in [0.5, 0.6) is 0 Å². The maximum Gasteiger partial charge on any atom is 0.327 e. The molecule has 7 heteroatoms. The zero-order valence-corrected chi connectivity index (χ0v) is 4.31. The molecule has 0 aromatic heterocycles. The average molecular weight is 129 g/mol. The summed E-state index contributed by atoms with van der Waals surface area (Å²) in [5, 5.41) is 4.80. The van der Waals surface area contributed by atoms with Crippen LogP contribution in [0.2, 0.25) is 0 Å². The van der Waals surface area contributed by atoms with Gasteiger partial charge in [-0.2, -0.15) is 4.91 Å². The van der Waals surface area contributed by atoms with Gasteiger partial charge in [-0.05, 0) is 5.22 Å². The summed E-state index contributed by atoms with van der Waals surface area (Å²) >= 11 is 0. The first-order valence-corrected chi connectivity index (χ1v) is 1.94. The van der Waals surface area contributed by atoms with E-state index >= 15 is 0 Å². The van der Waals surface area contributed by atoms with Gasteiger partial charge in [-0.3, -0.25) is 10.2 Å². The molecule has 1 amide bonds. The Morgan fingerprint density at radius 2 is 2.44 bits per heavy atom. The van der Waals surface area contributed by atoms with Gasteiger partial charge in [0.25, 0.3) is 0 Å². The molecule has 1 N–H and O–H groups in total. The predicted molar refractivity (Wildman–Crippen MR) is 28.0 cm³/mol. The molecule has 0 saturated carbocycles. The molecule has 0 rings (SSSR count). The Kier molecular flexibility index (Phi) is 3.72. The van der Waals surface area contributed by atoms with Gasteiger partial charge >= 0.3 is 5.91 Å². The Hall–Kier alpha value is -1.62. The second-order valence-electron chi connectivity index (χ2n) is 1.01. The third-order valence-electron chi connectivity index (χ3n) is 0.448. The van der Waals surface area contributed by atoms with Gasteiger partial charge in [0.2, 0.25) is 0 Å². The average Bonchev–Trinajstić information content (AvgIpc) is 1.89. The van der Waals surface area contributed by atoms with E-state index in [0.717, 1.165) is 0 Å². The molecule has 0 fully saturated rings. The molecule has 0 spiro atoms. The summed E-state index contributed by atoms with van der Waals surface area (Å²) in [7, 11) is 0. The highest BCUT2D eigenvalue weighted by molar-refractivity contribution is 5.78. The summed E-state index contributed by atoms with van der Waals surface area (Å²) < 4.78 is 0. The van der Waals surface area contributed by atoms with E-state index in [1.165, 1.54) is 0 Å². The fourth-order valence-corrected chi connectivity index (χ4v) is 0.167. The van der Waals surface area contributed by atoms with Gasteiger partial charge in [0.1, 0.15) is 0 Å². The van der Waals surface area contributed by atoms with E-state index < -0.39 is 5.91 Å². The van der Waals surface area contributed by atoms with E-state index in [1.807, 2.05) is 10.6 Å². The van der Waals surface area contributed by atoms with Crippen LogP contribution in [0.15, 0.2) is 10.4 Å². The van der Waals surface area contributed by atoms with Crippen molar-refractivity contribution in [1.29, 1.82) is 0 Å². The molecule has 0 aliphatic carbocycles. The number of rotatable bonds is 3. The van der Waals surface area contributed by atoms with E-state index in [1.54, 1.807) is 0 Å². The maximum atomic E-state index is 9.96.